The number of para-hydroxylation sites is 3. The van der Waals surface area contributed by atoms with Crippen molar-refractivity contribution >= 4 is 22.9 Å². The van der Waals surface area contributed by atoms with Crippen molar-refractivity contribution in [1.82, 2.24) is 0 Å². The second kappa shape index (κ2) is 7.23. The molecule has 2 nitrogen and oxygen atoms in total. The van der Waals surface area contributed by atoms with Gasteiger partial charge < -0.3 is 0 Å². The van der Waals surface area contributed by atoms with Gasteiger partial charge in [-0.05, 0) is 42.5 Å². The molecule has 0 N–H and O–H groups in total. The maximum Gasteiger partial charge on any atom is 0.137 e. The molecule has 0 aliphatic rings. The van der Waals surface area contributed by atoms with Gasteiger partial charge in [-0.15, -0.1) is 0 Å². The van der Waals surface area contributed by atoms with E-state index < -0.39 is 0 Å². The highest BCUT2D eigenvalue weighted by Crippen LogP contribution is 2.27. The monoisotopic (exact) mass is 298 g/mol. The fourth-order valence-corrected chi connectivity index (χ4v) is 2.39. The fourth-order valence-electron chi connectivity index (χ4n) is 2.39. The van der Waals surface area contributed by atoms with Crippen LogP contribution in [0.2, 0.25) is 0 Å². The average Bonchev–Trinajstić information content (AvgIpc) is 2.64. The summed E-state index contributed by atoms with van der Waals surface area (Å²) in [6.45, 7) is 3.96. The Morgan fingerprint density at radius 2 is 1.13 bits per heavy atom. The normalized spacial score (nSPS) is 11.0. The van der Waals surface area contributed by atoms with Crippen molar-refractivity contribution in [3.05, 3.63) is 104 Å². The molecule has 3 aromatic rings. The smallest absolute Gasteiger partial charge is 0.137 e. The molecule has 0 atom stereocenters. The van der Waals surface area contributed by atoms with E-state index in [-0.39, 0.29) is 0 Å². The molecule has 2 heteroatoms. The Balaban J connectivity index is 2.11. The first kappa shape index (κ1) is 14.8. The van der Waals surface area contributed by atoms with Crippen LogP contribution in [-0.2, 0) is 0 Å². The molecule has 112 valence electrons. The number of aliphatic imine (C=N–C) groups is 1. The molecule has 0 saturated heterocycles. The highest BCUT2D eigenvalue weighted by Gasteiger charge is 2.13. The van der Waals surface area contributed by atoms with Crippen molar-refractivity contribution in [3.8, 4) is 0 Å². The Labute approximate surface area is 137 Å². The summed E-state index contributed by atoms with van der Waals surface area (Å²) in [4.78, 5) is 6.85. The molecule has 0 saturated carbocycles. The molecule has 0 bridgehead atoms. The molecule has 0 aliphatic carbocycles. The van der Waals surface area contributed by atoms with Crippen molar-refractivity contribution < 1.29 is 0 Å². The summed E-state index contributed by atoms with van der Waals surface area (Å²) >= 11 is 0. The number of anilines is 2. The van der Waals surface area contributed by atoms with E-state index in [0.29, 0.717) is 0 Å². The lowest BCUT2D eigenvalue weighted by molar-refractivity contribution is 1.32. The Morgan fingerprint density at radius 1 is 0.696 bits per heavy atom. The molecule has 0 spiro atoms. The van der Waals surface area contributed by atoms with E-state index in [1.54, 1.807) is 6.08 Å². The zero-order chi connectivity index (χ0) is 15.9. The molecule has 0 amide bonds. The molecular formula is C21H18N2. The molecule has 0 fully saturated rings. The van der Waals surface area contributed by atoms with Crippen LogP contribution in [0.25, 0.3) is 0 Å². The van der Waals surface area contributed by atoms with Crippen LogP contribution in [0.15, 0.2) is 109 Å². The number of amidine groups is 1. The Morgan fingerprint density at radius 3 is 1.57 bits per heavy atom. The minimum Gasteiger partial charge on any atom is -0.295 e. The quantitative estimate of drug-likeness (QED) is 0.443. The average molecular weight is 298 g/mol. The first-order chi connectivity index (χ1) is 11.4. The number of rotatable bonds is 4. The van der Waals surface area contributed by atoms with Crippen LogP contribution in [0.3, 0.4) is 0 Å². The first-order valence-corrected chi connectivity index (χ1v) is 7.55. The van der Waals surface area contributed by atoms with Crippen molar-refractivity contribution in [2.45, 2.75) is 0 Å². The summed E-state index contributed by atoms with van der Waals surface area (Å²) in [5.74, 6) is 0.786. The minimum atomic E-state index is 0.786. The maximum atomic E-state index is 4.75. The Bertz CT molecular complexity index is 738. The van der Waals surface area contributed by atoms with Gasteiger partial charge in [0.2, 0.25) is 0 Å². The third-order valence-corrected chi connectivity index (χ3v) is 3.44. The Hall–Kier alpha value is -3.13. The van der Waals surface area contributed by atoms with Crippen LogP contribution >= 0.6 is 0 Å². The zero-order valence-electron chi connectivity index (χ0n) is 12.8. The van der Waals surface area contributed by atoms with Crippen molar-refractivity contribution in [1.29, 1.82) is 0 Å². The number of hydrogen-bond donors (Lipinski definition) is 0. The van der Waals surface area contributed by atoms with Crippen molar-refractivity contribution in [2.24, 2.45) is 4.99 Å². The number of hydrogen-bond acceptors (Lipinski definition) is 1. The number of nitrogens with zero attached hydrogens (tertiary/aromatic N) is 2. The van der Waals surface area contributed by atoms with Crippen LogP contribution in [0.5, 0.6) is 0 Å². The largest absolute Gasteiger partial charge is 0.295 e. The van der Waals surface area contributed by atoms with E-state index in [1.807, 2.05) is 66.7 Å². The molecule has 0 aromatic heterocycles. The van der Waals surface area contributed by atoms with Crippen LogP contribution in [-0.4, -0.2) is 5.84 Å². The summed E-state index contributed by atoms with van der Waals surface area (Å²) in [5, 5.41) is 0. The zero-order valence-corrected chi connectivity index (χ0v) is 12.8. The Kier molecular flexibility index (Phi) is 4.65. The minimum absolute atomic E-state index is 0.786. The van der Waals surface area contributed by atoms with Gasteiger partial charge in [0.1, 0.15) is 5.84 Å². The summed E-state index contributed by atoms with van der Waals surface area (Å²) in [6.07, 6.45) is 1.78. The van der Waals surface area contributed by atoms with Gasteiger partial charge in [-0.25, -0.2) is 4.99 Å². The molecule has 3 rings (SSSR count). The van der Waals surface area contributed by atoms with Crippen LogP contribution in [0.4, 0.5) is 17.1 Å². The summed E-state index contributed by atoms with van der Waals surface area (Å²) in [7, 11) is 0. The van der Waals surface area contributed by atoms with Gasteiger partial charge in [0, 0.05) is 11.4 Å². The van der Waals surface area contributed by atoms with Gasteiger partial charge in [0.25, 0.3) is 0 Å². The van der Waals surface area contributed by atoms with Crippen LogP contribution < -0.4 is 4.90 Å². The maximum absolute atomic E-state index is 4.75. The number of benzene rings is 3. The standard InChI is InChI=1S/C21H18N2/c1-2-21(22-18-12-6-3-7-13-18)23(19-14-8-4-9-15-19)20-16-10-5-11-17-20/h2-17H,1H2. The first-order valence-electron chi connectivity index (χ1n) is 7.55. The second-order valence-corrected chi connectivity index (χ2v) is 5.02. The van der Waals surface area contributed by atoms with Gasteiger partial charge in [-0.3, -0.25) is 4.90 Å². The highest BCUT2D eigenvalue weighted by atomic mass is 15.2. The lowest BCUT2D eigenvalue weighted by atomic mass is 10.2. The lowest BCUT2D eigenvalue weighted by Crippen LogP contribution is -2.23. The van der Waals surface area contributed by atoms with Gasteiger partial charge in [-0.2, -0.15) is 0 Å². The van der Waals surface area contributed by atoms with E-state index in [0.717, 1.165) is 22.9 Å². The summed E-state index contributed by atoms with van der Waals surface area (Å²) in [5.41, 5.74) is 3.00. The van der Waals surface area contributed by atoms with Gasteiger partial charge in [0.05, 0.1) is 5.69 Å². The second-order valence-electron chi connectivity index (χ2n) is 5.02. The molecule has 3 aromatic carbocycles. The van der Waals surface area contributed by atoms with Crippen molar-refractivity contribution in [2.75, 3.05) is 4.90 Å². The predicted octanol–water partition coefficient (Wildman–Crippen LogP) is 5.74. The lowest BCUT2D eigenvalue weighted by Gasteiger charge is -2.25. The van der Waals surface area contributed by atoms with Gasteiger partial charge in [-0.1, -0.05) is 61.2 Å². The predicted molar refractivity (Wildman–Crippen MR) is 98.8 cm³/mol. The molecular weight excluding hydrogens is 280 g/mol. The fraction of sp³-hybridized carbons (Fsp3) is 0. The molecule has 0 radical (unpaired) electrons. The molecule has 0 aliphatic heterocycles. The third-order valence-electron chi connectivity index (χ3n) is 3.44. The van der Waals surface area contributed by atoms with Crippen LogP contribution in [0.1, 0.15) is 0 Å². The van der Waals surface area contributed by atoms with E-state index in [4.69, 9.17) is 4.99 Å². The van der Waals surface area contributed by atoms with E-state index in [1.165, 1.54) is 0 Å². The van der Waals surface area contributed by atoms with Gasteiger partial charge in [0.15, 0.2) is 0 Å². The van der Waals surface area contributed by atoms with Crippen molar-refractivity contribution in [3.63, 3.8) is 0 Å². The SMILES string of the molecule is C=CC(=Nc1ccccc1)N(c1ccccc1)c1ccccc1. The van der Waals surface area contributed by atoms with E-state index >= 15 is 0 Å². The van der Waals surface area contributed by atoms with Crippen LogP contribution in [0, 0.1) is 0 Å². The summed E-state index contributed by atoms with van der Waals surface area (Å²) in [6, 6.07) is 30.3. The summed E-state index contributed by atoms with van der Waals surface area (Å²) < 4.78 is 0. The highest BCUT2D eigenvalue weighted by molar-refractivity contribution is 6.11. The molecule has 23 heavy (non-hydrogen) atoms. The molecule has 0 heterocycles. The third kappa shape index (κ3) is 3.55. The molecule has 0 unspecified atom stereocenters. The van der Waals surface area contributed by atoms with E-state index in [2.05, 4.69) is 35.7 Å². The van der Waals surface area contributed by atoms with E-state index in [9.17, 15) is 0 Å². The van der Waals surface area contributed by atoms with Gasteiger partial charge >= 0.3 is 0 Å². The topological polar surface area (TPSA) is 15.6 Å².